The molecule has 1 aliphatic carbocycles. The zero-order valence-electron chi connectivity index (χ0n) is 11.6. The van der Waals surface area contributed by atoms with Crippen LogP contribution in [0.5, 0.6) is 0 Å². The predicted molar refractivity (Wildman–Crippen MR) is 73.3 cm³/mol. The van der Waals surface area contributed by atoms with Gasteiger partial charge in [0, 0.05) is 30.9 Å². The van der Waals surface area contributed by atoms with Gasteiger partial charge in [0.25, 0.3) is 0 Å². The number of aromatic nitrogens is 1. The summed E-state index contributed by atoms with van der Waals surface area (Å²) < 4.78 is 0. The first-order valence-corrected chi connectivity index (χ1v) is 7.01. The van der Waals surface area contributed by atoms with Gasteiger partial charge in [0.1, 0.15) is 0 Å². The van der Waals surface area contributed by atoms with Gasteiger partial charge >= 0.3 is 0 Å². The Morgan fingerprint density at radius 3 is 2.78 bits per heavy atom. The Balaban J connectivity index is 1.74. The maximum Gasteiger partial charge on any atom is 0.0572 e. The number of hydrogen-bond acceptors (Lipinski definition) is 3. The third kappa shape index (κ3) is 1.86. The average Bonchev–Trinajstić information content (AvgIpc) is 2.33. The third-order valence-corrected chi connectivity index (χ3v) is 4.67. The van der Waals surface area contributed by atoms with E-state index in [0.29, 0.717) is 6.04 Å². The Kier molecular flexibility index (Phi) is 3.12. The van der Waals surface area contributed by atoms with Gasteiger partial charge in [0.15, 0.2) is 0 Å². The highest BCUT2D eigenvalue weighted by atomic mass is 15.3. The lowest BCUT2D eigenvalue weighted by molar-refractivity contribution is -0.150. The van der Waals surface area contributed by atoms with Crippen molar-refractivity contribution in [3.8, 4) is 0 Å². The first-order chi connectivity index (χ1) is 8.68. The van der Waals surface area contributed by atoms with Crippen molar-refractivity contribution in [3.05, 3.63) is 30.1 Å². The lowest BCUT2D eigenvalue weighted by Crippen LogP contribution is -2.71. The summed E-state index contributed by atoms with van der Waals surface area (Å²) in [7, 11) is 4.35. The number of hydrogen-bond donors (Lipinski definition) is 0. The van der Waals surface area contributed by atoms with Gasteiger partial charge in [0.05, 0.1) is 5.69 Å². The second kappa shape index (κ2) is 4.63. The molecule has 3 nitrogen and oxygen atoms in total. The minimum Gasteiger partial charge on any atom is -0.308 e. The maximum absolute atomic E-state index is 4.52. The Labute approximate surface area is 110 Å². The van der Waals surface area contributed by atoms with E-state index in [1.54, 1.807) is 0 Å². The highest BCUT2D eigenvalue weighted by Crippen LogP contribution is 2.50. The SMILES string of the molecule is C[C@@H](c1ccccn1)N1C2CCC2C1CN(C)C. The fourth-order valence-corrected chi connectivity index (χ4v) is 3.65. The molecule has 1 aliphatic heterocycles. The van der Waals surface area contributed by atoms with E-state index < -0.39 is 0 Å². The molecule has 2 fully saturated rings. The van der Waals surface area contributed by atoms with Crippen molar-refractivity contribution < 1.29 is 0 Å². The van der Waals surface area contributed by atoms with Crippen molar-refractivity contribution in [2.45, 2.75) is 37.9 Å². The average molecular weight is 245 g/mol. The van der Waals surface area contributed by atoms with E-state index in [2.05, 4.69) is 47.9 Å². The molecule has 18 heavy (non-hydrogen) atoms. The number of likely N-dealkylation sites (N-methyl/N-ethyl adjacent to an activating group) is 1. The van der Waals surface area contributed by atoms with Crippen molar-refractivity contribution in [1.82, 2.24) is 14.8 Å². The van der Waals surface area contributed by atoms with Crippen molar-refractivity contribution in [1.29, 1.82) is 0 Å². The standard InChI is InChI=1S/C15H23N3/c1-11(13-6-4-5-9-16-13)18-14-8-7-12(14)15(18)10-17(2)3/h4-6,9,11-12,14-15H,7-8,10H2,1-3H3/t11-,12?,14?,15?/m0/s1. The molecule has 0 bridgehead atoms. The summed E-state index contributed by atoms with van der Waals surface area (Å²) >= 11 is 0. The molecule has 0 N–H and O–H groups in total. The van der Waals surface area contributed by atoms with Crippen LogP contribution in [0.4, 0.5) is 0 Å². The first-order valence-electron chi connectivity index (χ1n) is 7.01. The molecule has 0 aromatic carbocycles. The summed E-state index contributed by atoms with van der Waals surface area (Å²) in [6, 6.07) is 8.26. The number of piperidine rings is 1. The van der Waals surface area contributed by atoms with Crippen LogP contribution in [-0.2, 0) is 0 Å². The van der Waals surface area contributed by atoms with E-state index in [1.165, 1.54) is 25.1 Å². The molecular weight excluding hydrogens is 222 g/mol. The molecule has 1 aromatic heterocycles. The first kappa shape index (κ1) is 12.1. The van der Waals surface area contributed by atoms with Crippen LogP contribution in [0.25, 0.3) is 0 Å². The summed E-state index contributed by atoms with van der Waals surface area (Å²) in [6.07, 6.45) is 4.71. The van der Waals surface area contributed by atoms with Crippen LogP contribution in [0.1, 0.15) is 31.5 Å². The molecule has 3 heteroatoms. The van der Waals surface area contributed by atoms with Gasteiger partial charge < -0.3 is 4.90 Å². The molecule has 2 aliphatic rings. The third-order valence-electron chi connectivity index (χ3n) is 4.67. The van der Waals surface area contributed by atoms with Crippen LogP contribution in [0.3, 0.4) is 0 Å². The molecule has 1 aromatic rings. The predicted octanol–water partition coefficient (Wildman–Crippen LogP) is 2.17. The second-order valence-electron chi connectivity index (χ2n) is 6.02. The number of rotatable bonds is 4. The van der Waals surface area contributed by atoms with Gasteiger partial charge in [0.2, 0.25) is 0 Å². The molecule has 0 spiro atoms. The van der Waals surface area contributed by atoms with Gasteiger partial charge in [-0.1, -0.05) is 6.07 Å². The van der Waals surface area contributed by atoms with Gasteiger partial charge in [-0.15, -0.1) is 0 Å². The minimum atomic E-state index is 0.456. The van der Waals surface area contributed by atoms with Crippen molar-refractivity contribution in [2.24, 2.45) is 5.92 Å². The Morgan fingerprint density at radius 2 is 2.22 bits per heavy atom. The fourth-order valence-electron chi connectivity index (χ4n) is 3.65. The Morgan fingerprint density at radius 1 is 1.39 bits per heavy atom. The molecule has 3 unspecified atom stereocenters. The van der Waals surface area contributed by atoms with Crippen LogP contribution < -0.4 is 0 Å². The topological polar surface area (TPSA) is 19.4 Å². The summed E-state index contributed by atoms with van der Waals surface area (Å²) in [5.41, 5.74) is 1.21. The maximum atomic E-state index is 4.52. The highest BCUT2D eigenvalue weighted by Gasteiger charge is 2.55. The molecule has 2 heterocycles. The molecule has 0 radical (unpaired) electrons. The van der Waals surface area contributed by atoms with Gasteiger partial charge in [-0.2, -0.15) is 0 Å². The fraction of sp³-hybridized carbons (Fsp3) is 0.667. The van der Waals surface area contributed by atoms with Crippen LogP contribution in [0.2, 0.25) is 0 Å². The lowest BCUT2D eigenvalue weighted by Gasteiger charge is -2.64. The van der Waals surface area contributed by atoms with Crippen LogP contribution in [-0.4, -0.2) is 47.5 Å². The van der Waals surface area contributed by atoms with E-state index in [0.717, 1.165) is 18.0 Å². The summed E-state index contributed by atoms with van der Waals surface area (Å²) in [5, 5.41) is 0. The quantitative estimate of drug-likeness (QED) is 0.810. The Hall–Kier alpha value is -0.930. The molecule has 4 atom stereocenters. The number of likely N-dealkylation sites (tertiary alicyclic amines) is 1. The molecule has 98 valence electrons. The van der Waals surface area contributed by atoms with Gasteiger partial charge in [-0.25, -0.2) is 0 Å². The van der Waals surface area contributed by atoms with Crippen molar-refractivity contribution in [2.75, 3.05) is 20.6 Å². The minimum absolute atomic E-state index is 0.456. The van der Waals surface area contributed by atoms with Crippen LogP contribution in [0.15, 0.2) is 24.4 Å². The van der Waals surface area contributed by atoms with Crippen molar-refractivity contribution in [3.63, 3.8) is 0 Å². The smallest absolute Gasteiger partial charge is 0.0572 e. The molecular formula is C15H23N3. The summed E-state index contributed by atoms with van der Waals surface area (Å²) in [5.74, 6) is 0.943. The normalized spacial score (nSPS) is 32.6. The van der Waals surface area contributed by atoms with E-state index in [-0.39, 0.29) is 0 Å². The highest BCUT2D eigenvalue weighted by molar-refractivity contribution is 5.16. The van der Waals surface area contributed by atoms with Crippen LogP contribution >= 0.6 is 0 Å². The number of nitrogens with zero attached hydrogens (tertiary/aromatic N) is 3. The van der Waals surface area contributed by atoms with E-state index in [9.17, 15) is 0 Å². The van der Waals surface area contributed by atoms with E-state index in [4.69, 9.17) is 0 Å². The molecule has 1 saturated heterocycles. The number of fused-ring (bicyclic) bond motifs is 1. The van der Waals surface area contributed by atoms with Crippen LogP contribution in [0, 0.1) is 5.92 Å². The zero-order valence-corrected chi connectivity index (χ0v) is 11.6. The van der Waals surface area contributed by atoms with E-state index >= 15 is 0 Å². The molecule has 1 saturated carbocycles. The summed E-state index contributed by atoms with van der Waals surface area (Å²) in [6.45, 7) is 3.48. The van der Waals surface area contributed by atoms with Gasteiger partial charge in [-0.3, -0.25) is 9.88 Å². The molecule has 0 amide bonds. The molecule has 3 rings (SSSR count). The second-order valence-corrected chi connectivity index (χ2v) is 6.02. The summed E-state index contributed by atoms with van der Waals surface area (Å²) in [4.78, 5) is 9.53. The van der Waals surface area contributed by atoms with E-state index in [1.807, 2.05) is 12.3 Å². The van der Waals surface area contributed by atoms with Gasteiger partial charge in [-0.05, 0) is 51.9 Å². The Bertz CT molecular complexity index is 403. The largest absolute Gasteiger partial charge is 0.308 e. The van der Waals surface area contributed by atoms with Crippen molar-refractivity contribution >= 4 is 0 Å². The zero-order chi connectivity index (χ0) is 12.7. The monoisotopic (exact) mass is 245 g/mol. The number of pyridine rings is 1. The lowest BCUT2D eigenvalue weighted by atomic mass is 9.64.